The standard InChI is InChI=1S/C35H39Cl2NO6/c1-6-43-28-14-21(13-23(37)33(28)44-19-20-9-7-8-10-22(20)36)30-31-24(15-34(2,3)17-26(31)39)38(12-11-29(41)42)25-16-35(4,5)18-27(40)32(25)30/h7-10,13-14,30H,6,11-12,15-19H2,1-5H3,(H,41,42). The van der Waals surface area contributed by atoms with Gasteiger partial charge in [-0.15, -0.1) is 0 Å². The Kier molecular flexibility index (Phi) is 8.94. The van der Waals surface area contributed by atoms with Crippen LogP contribution in [0.5, 0.6) is 11.5 Å². The number of carbonyl (C=O) groups excluding carboxylic acids is 2. The number of nitrogens with zero attached hydrogens (tertiary/aromatic N) is 1. The first-order valence-electron chi connectivity index (χ1n) is 15.1. The molecule has 2 aliphatic carbocycles. The number of ketones is 2. The Labute approximate surface area is 268 Å². The second kappa shape index (κ2) is 12.2. The number of carbonyl (C=O) groups is 3. The molecule has 0 saturated carbocycles. The highest BCUT2D eigenvalue weighted by Crippen LogP contribution is 2.55. The summed E-state index contributed by atoms with van der Waals surface area (Å²) in [5.41, 5.74) is 3.51. The molecule has 7 nitrogen and oxygen atoms in total. The van der Waals surface area contributed by atoms with E-state index in [4.69, 9.17) is 32.7 Å². The number of allylic oxidation sites excluding steroid dienone is 4. The van der Waals surface area contributed by atoms with Gasteiger partial charge < -0.3 is 19.5 Å². The minimum Gasteiger partial charge on any atom is -0.490 e. The van der Waals surface area contributed by atoms with Crippen LogP contribution in [0.4, 0.5) is 0 Å². The van der Waals surface area contributed by atoms with Crippen LogP contribution >= 0.6 is 23.2 Å². The molecule has 44 heavy (non-hydrogen) atoms. The predicted octanol–water partition coefficient (Wildman–Crippen LogP) is 8.13. The third kappa shape index (κ3) is 6.40. The highest BCUT2D eigenvalue weighted by atomic mass is 35.5. The van der Waals surface area contributed by atoms with Crippen molar-refractivity contribution in [3.8, 4) is 11.5 Å². The average Bonchev–Trinajstić information content (AvgIpc) is 2.90. The number of Topliss-reactive ketones (excluding diaryl/α,β-unsaturated/α-hetero) is 2. The number of benzene rings is 2. The molecule has 5 rings (SSSR count). The lowest BCUT2D eigenvalue weighted by molar-refractivity contribution is -0.137. The molecule has 234 valence electrons. The van der Waals surface area contributed by atoms with Gasteiger partial charge in [-0.05, 0) is 54.4 Å². The van der Waals surface area contributed by atoms with Crippen LogP contribution in [-0.4, -0.2) is 40.7 Å². The van der Waals surface area contributed by atoms with E-state index in [-0.39, 0.29) is 42.0 Å². The van der Waals surface area contributed by atoms with Crippen LogP contribution < -0.4 is 9.47 Å². The van der Waals surface area contributed by atoms with Gasteiger partial charge in [-0.3, -0.25) is 14.4 Å². The van der Waals surface area contributed by atoms with Crippen molar-refractivity contribution in [1.29, 1.82) is 0 Å². The van der Waals surface area contributed by atoms with E-state index < -0.39 is 11.9 Å². The van der Waals surface area contributed by atoms with Crippen LogP contribution in [0.1, 0.15) is 83.8 Å². The van der Waals surface area contributed by atoms with Crippen molar-refractivity contribution < 1.29 is 29.0 Å². The van der Waals surface area contributed by atoms with E-state index in [0.29, 0.717) is 70.5 Å². The average molecular weight is 641 g/mol. The van der Waals surface area contributed by atoms with Crippen LogP contribution in [0, 0.1) is 10.8 Å². The molecule has 2 aromatic carbocycles. The largest absolute Gasteiger partial charge is 0.490 e. The minimum atomic E-state index is -0.931. The van der Waals surface area contributed by atoms with Crippen molar-refractivity contribution in [3.63, 3.8) is 0 Å². The minimum absolute atomic E-state index is 0.0427. The summed E-state index contributed by atoms with van der Waals surface area (Å²) in [6.07, 6.45) is 1.70. The summed E-state index contributed by atoms with van der Waals surface area (Å²) in [6, 6.07) is 11.0. The quantitative estimate of drug-likeness (QED) is 0.296. The summed E-state index contributed by atoms with van der Waals surface area (Å²) >= 11 is 13.3. The highest BCUT2D eigenvalue weighted by molar-refractivity contribution is 6.32. The van der Waals surface area contributed by atoms with Gasteiger partial charge in [-0.25, -0.2) is 0 Å². The summed E-state index contributed by atoms with van der Waals surface area (Å²) in [7, 11) is 0. The number of hydrogen-bond acceptors (Lipinski definition) is 6. The van der Waals surface area contributed by atoms with Gasteiger partial charge in [0.2, 0.25) is 0 Å². The number of aliphatic carboxylic acids is 1. The lowest BCUT2D eigenvalue weighted by atomic mass is 9.63. The van der Waals surface area contributed by atoms with Gasteiger partial charge in [0.1, 0.15) is 6.61 Å². The van der Waals surface area contributed by atoms with Crippen LogP contribution in [0.2, 0.25) is 10.0 Å². The second-order valence-corrected chi connectivity index (χ2v) is 14.3. The normalized spacial score (nSPS) is 19.6. The van der Waals surface area contributed by atoms with Gasteiger partial charge >= 0.3 is 5.97 Å². The van der Waals surface area contributed by atoms with E-state index in [9.17, 15) is 19.5 Å². The monoisotopic (exact) mass is 639 g/mol. The van der Waals surface area contributed by atoms with Gasteiger partial charge in [0.05, 0.1) is 18.1 Å². The van der Waals surface area contributed by atoms with Gasteiger partial charge in [-0.1, -0.05) is 69.1 Å². The number of carboxylic acid groups (broad SMARTS) is 1. The van der Waals surface area contributed by atoms with E-state index >= 15 is 0 Å². The first-order chi connectivity index (χ1) is 20.7. The highest BCUT2D eigenvalue weighted by Gasteiger charge is 2.49. The molecule has 0 amide bonds. The molecule has 1 heterocycles. The molecule has 0 bridgehead atoms. The molecule has 0 aromatic heterocycles. The number of carboxylic acids is 1. The Morgan fingerprint density at radius 1 is 0.909 bits per heavy atom. The van der Waals surface area contributed by atoms with Crippen LogP contribution in [0.3, 0.4) is 0 Å². The molecule has 0 atom stereocenters. The van der Waals surface area contributed by atoms with Crippen molar-refractivity contribution in [1.82, 2.24) is 4.90 Å². The number of rotatable bonds is 9. The summed E-state index contributed by atoms with van der Waals surface area (Å²) in [5, 5.41) is 10.5. The van der Waals surface area contributed by atoms with E-state index in [2.05, 4.69) is 0 Å². The zero-order chi connectivity index (χ0) is 32.0. The first-order valence-corrected chi connectivity index (χ1v) is 15.8. The summed E-state index contributed by atoms with van der Waals surface area (Å²) in [5.74, 6) is -0.904. The molecular formula is C35H39Cl2NO6. The molecule has 1 aliphatic heterocycles. The van der Waals surface area contributed by atoms with E-state index in [1.54, 1.807) is 12.1 Å². The smallest absolute Gasteiger partial charge is 0.305 e. The zero-order valence-electron chi connectivity index (χ0n) is 25.9. The molecule has 0 saturated heterocycles. The molecule has 0 fully saturated rings. The van der Waals surface area contributed by atoms with Crippen molar-refractivity contribution in [2.45, 2.75) is 79.2 Å². The van der Waals surface area contributed by atoms with Crippen molar-refractivity contribution in [2.75, 3.05) is 13.2 Å². The molecule has 3 aliphatic rings. The SMILES string of the molecule is CCOc1cc(C2C3=C(CC(C)(C)CC3=O)N(CCC(=O)O)C3=C2C(=O)CC(C)(C)C3)cc(Cl)c1OCc1ccccc1Cl. The molecule has 9 heteroatoms. The van der Waals surface area contributed by atoms with Gasteiger partial charge in [0.25, 0.3) is 0 Å². The molecule has 0 spiro atoms. The maximum Gasteiger partial charge on any atom is 0.305 e. The lowest BCUT2D eigenvalue weighted by Gasteiger charge is -2.49. The number of ether oxygens (including phenoxy) is 2. The Morgan fingerprint density at radius 2 is 1.50 bits per heavy atom. The van der Waals surface area contributed by atoms with Crippen LogP contribution in [0.15, 0.2) is 58.9 Å². The fourth-order valence-corrected chi connectivity index (χ4v) is 7.25. The van der Waals surface area contributed by atoms with Gasteiger partial charge in [0.15, 0.2) is 23.1 Å². The third-order valence-electron chi connectivity index (χ3n) is 8.57. The molecule has 1 N–H and O–H groups in total. The van der Waals surface area contributed by atoms with Gasteiger partial charge in [0, 0.05) is 58.4 Å². The van der Waals surface area contributed by atoms with Crippen molar-refractivity contribution in [3.05, 3.63) is 80.1 Å². The lowest BCUT2D eigenvalue weighted by Crippen LogP contribution is -2.45. The summed E-state index contributed by atoms with van der Waals surface area (Å²) in [4.78, 5) is 41.8. The van der Waals surface area contributed by atoms with Crippen LogP contribution in [-0.2, 0) is 21.0 Å². The topological polar surface area (TPSA) is 93.1 Å². The van der Waals surface area contributed by atoms with E-state index in [1.807, 2.05) is 63.8 Å². The Morgan fingerprint density at radius 3 is 2.05 bits per heavy atom. The maximum absolute atomic E-state index is 14.0. The Bertz CT molecular complexity index is 1530. The Balaban J connectivity index is 1.68. The molecule has 0 radical (unpaired) electrons. The van der Waals surface area contributed by atoms with Crippen molar-refractivity contribution in [2.24, 2.45) is 10.8 Å². The number of hydrogen-bond donors (Lipinski definition) is 1. The fraction of sp³-hybridized carbons (Fsp3) is 0.457. The predicted molar refractivity (Wildman–Crippen MR) is 170 cm³/mol. The summed E-state index contributed by atoms with van der Waals surface area (Å²) in [6.45, 7) is 10.8. The van der Waals surface area contributed by atoms with E-state index in [0.717, 1.165) is 17.0 Å². The second-order valence-electron chi connectivity index (χ2n) is 13.5. The number of halogens is 2. The van der Waals surface area contributed by atoms with E-state index in [1.165, 1.54) is 0 Å². The fourth-order valence-electron chi connectivity index (χ4n) is 6.78. The van der Waals surface area contributed by atoms with Crippen LogP contribution in [0.25, 0.3) is 0 Å². The van der Waals surface area contributed by atoms with Gasteiger partial charge in [-0.2, -0.15) is 0 Å². The molecule has 0 unspecified atom stereocenters. The zero-order valence-corrected chi connectivity index (χ0v) is 27.4. The first kappa shape index (κ1) is 32.1. The summed E-state index contributed by atoms with van der Waals surface area (Å²) < 4.78 is 12.2. The maximum atomic E-state index is 14.0. The Hall–Kier alpha value is -3.29. The third-order valence-corrected chi connectivity index (χ3v) is 9.22. The van der Waals surface area contributed by atoms with Crippen molar-refractivity contribution >= 4 is 40.7 Å². The molecule has 2 aromatic rings. The molecular weight excluding hydrogens is 601 g/mol.